The van der Waals surface area contributed by atoms with Crippen LogP contribution < -0.4 is 10.6 Å². The Bertz CT molecular complexity index is 1050. The lowest BCUT2D eigenvalue weighted by atomic mass is 10.0. The molecule has 150 valence electrons. The molecule has 3 aromatic rings. The Balaban J connectivity index is 1.54. The van der Waals surface area contributed by atoms with E-state index >= 15 is 0 Å². The number of nitrogens with one attached hydrogen (secondary N) is 2. The molecule has 29 heavy (non-hydrogen) atoms. The molecule has 0 aliphatic carbocycles. The molecule has 2 N–H and O–H groups in total. The molecule has 0 radical (unpaired) electrons. The highest BCUT2D eigenvalue weighted by molar-refractivity contribution is 5.99. The monoisotopic (exact) mass is 393 g/mol. The van der Waals surface area contributed by atoms with Gasteiger partial charge < -0.3 is 19.9 Å². The molecule has 1 unspecified atom stereocenters. The largest absolute Gasteiger partial charge is 0.466 e. The lowest BCUT2D eigenvalue weighted by Crippen LogP contribution is -2.26. The third kappa shape index (κ3) is 3.78. The minimum Gasteiger partial charge on any atom is -0.466 e. The van der Waals surface area contributed by atoms with Gasteiger partial charge in [-0.15, -0.1) is 0 Å². The summed E-state index contributed by atoms with van der Waals surface area (Å²) in [5.41, 5.74) is 3.65. The summed E-state index contributed by atoms with van der Waals surface area (Å²) in [6, 6.07) is 5.69. The topological polar surface area (TPSA) is 98.1 Å². The van der Waals surface area contributed by atoms with Crippen molar-refractivity contribution in [1.29, 1.82) is 0 Å². The van der Waals surface area contributed by atoms with E-state index in [-0.39, 0.29) is 30.9 Å². The molecule has 3 heterocycles. The van der Waals surface area contributed by atoms with Gasteiger partial charge in [-0.1, -0.05) is 0 Å². The fraction of sp³-hybridized carbons (Fsp3) is 0.333. The van der Waals surface area contributed by atoms with E-state index in [1.54, 1.807) is 25.4 Å². The number of amides is 1. The standard InChI is InChI=1S/C21H23N5O3/c1-3-29-19(27)6-7-24-21(28)13-4-5-18-14(10-13)15(12-26(18)2)16-11-17-20(25-16)23-9-8-22-17/h4-5,8-10,12,16H,3,6-7,11H2,1-2H3,(H,23,25)(H,24,28). The zero-order chi connectivity index (χ0) is 20.4. The van der Waals surface area contributed by atoms with Crippen molar-refractivity contribution in [2.75, 3.05) is 18.5 Å². The first-order valence-corrected chi connectivity index (χ1v) is 9.66. The molecule has 1 aromatic carbocycles. The van der Waals surface area contributed by atoms with Gasteiger partial charge in [-0.05, 0) is 25.1 Å². The van der Waals surface area contributed by atoms with Gasteiger partial charge in [0.15, 0.2) is 0 Å². The molecule has 8 nitrogen and oxygen atoms in total. The number of anilines is 1. The number of hydrogen-bond acceptors (Lipinski definition) is 6. The van der Waals surface area contributed by atoms with E-state index in [9.17, 15) is 9.59 Å². The number of carbonyl (C=O) groups excluding carboxylic acids is 2. The summed E-state index contributed by atoms with van der Waals surface area (Å²) in [4.78, 5) is 32.7. The van der Waals surface area contributed by atoms with Crippen LogP contribution in [0.4, 0.5) is 5.82 Å². The number of nitrogens with zero attached hydrogens (tertiary/aromatic N) is 3. The third-order valence-corrected chi connectivity index (χ3v) is 5.06. The number of rotatable bonds is 6. The van der Waals surface area contributed by atoms with E-state index in [0.717, 1.165) is 34.4 Å². The van der Waals surface area contributed by atoms with Gasteiger partial charge in [-0.25, -0.2) is 4.98 Å². The molecule has 1 aliphatic heterocycles. The maximum atomic E-state index is 12.5. The first-order valence-electron chi connectivity index (χ1n) is 9.66. The summed E-state index contributed by atoms with van der Waals surface area (Å²) in [7, 11) is 1.99. The van der Waals surface area contributed by atoms with Gasteiger partial charge in [-0.2, -0.15) is 0 Å². The number of aryl methyl sites for hydroxylation is 1. The van der Waals surface area contributed by atoms with Crippen molar-refractivity contribution < 1.29 is 14.3 Å². The Labute approximate surface area is 168 Å². The van der Waals surface area contributed by atoms with Crippen molar-refractivity contribution >= 4 is 28.6 Å². The van der Waals surface area contributed by atoms with Crippen molar-refractivity contribution in [2.24, 2.45) is 7.05 Å². The molecule has 1 atom stereocenters. The normalized spacial score (nSPS) is 15.0. The molecule has 8 heteroatoms. The van der Waals surface area contributed by atoms with Crippen molar-refractivity contribution in [1.82, 2.24) is 19.9 Å². The number of ether oxygens (including phenoxy) is 1. The summed E-state index contributed by atoms with van der Waals surface area (Å²) in [6.45, 7) is 2.34. The Morgan fingerprint density at radius 3 is 2.93 bits per heavy atom. The lowest BCUT2D eigenvalue weighted by Gasteiger charge is -2.10. The SMILES string of the molecule is CCOC(=O)CCNC(=O)c1ccc2c(c1)c(C1Cc3nccnc3N1)cn2C. The number of esters is 1. The van der Waals surface area contributed by atoms with E-state index in [2.05, 4.69) is 31.4 Å². The first kappa shape index (κ1) is 18.9. The Kier molecular flexibility index (Phi) is 5.16. The Morgan fingerprint density at radius 1 is 1.31 bits per heavy atom. The van der Waals surface area contributed by atoms with E-state index in [1.165, 1.54) is 0 Å². The highest BCUT2D eigenvalue weighted by Crippen LogP contribution is 2.35. The molecule has 0 fully saturated rings. The fourth-order valence-electron chi connectivity index (χ4n) is 3.69. The van der Waals surface area contributed by atoms with Gasteiger partial charge in [0.05, 0.1) is 24.8 Å². The molecule has 2 aromatic heterocycles. The summed E-state index contributed by atoms with van der Waals surface area (Å²) < 4.78 is 6.93. The molecule has 4 rings (SSSR count). The summed E-state index contributed by atoms with van der Waals surface area (Å²) in [5.74, 6) is 0.280. The Morgan fingerprint density at radius 2 is 2.14 bits per heavy atom. The van der Waals surface area contributed by atoms with Crippen molar-refractivity contribution in [3.63, 3.8) is 0 Å². The Hall–Kier alpha value is -3.42. The fourth-order valence-corrected chi connectivity index (χ4v) is 3.69. The van der Waals surface area contributed by atoms with Gasteiger partial charge >= 0.3 is 5.97 Å². The predicted molar refractivity (Wildman–Crippen MR) is 109 cm³/mol. The van der Waals surface area contributed by atoms with Gasteiger partial charge in [0.25, 0.3) is 5.91 Å². The van der Waals surface area contributed by atoms with Crippen molar-refractivity contribution in [3.05, 3.63) is 53.6 Å². The zero-order valence-corrected chi connectivity index (χ0v) is 16.4. The maximum absolute atomic E-state index is 12.5. The average Bonchev–Trinajstić information content (AvgIpc) is 3.29. The van der Waals surface area contributed by atoms with Crippen LogP contribution in [0.3, 0.4) is 0 Å². The van der Waals surface area contributed by atoms with E-state index in [1.807, 2.05) is 19.2 Å². The molecular formula is C21H23N5O3. The molecule has 0 saturated heterocycles. The number of aromatic nitrogens is 3. The molecule has 0 saturated carbocycles. The molecule has 1 aliphatic rings. The van der Waals surface area contributed by atoms with Crippen LogP contribution in [0.5, 0.6) is 0 Å². The van der Waals surface area contributed by atoms with E-state index in [0.29, 0.717) is 12.2 Å². The minimum atomic E-state index is -0.317. The number of hydrogen-bond donors (Lipinski definition) is 2. The van der Waals surface area contributed by atoms with E-state index < -0.39 is 0 Å². The maximum Gasteiger partial charge on any atom is 0.307 e. The van der Waals surface area contributed by atoms with Crippen LogP contribution >= 0.6 is 0 Å². The quantitative estimate of drug-likeness (QED) is 0.624. The summed E-state index contributed by atoms with van der Waals surface area (Å²) >= 11 is 0. The highest BCUT2D eigenvalue weighted by atomic mass is 16.5. The highest BCUT2D eigenvalue weighted by Gasteiger charge is 2.27. The van der Waals surface area contributed by atoms with Crippen molar-refractivity contribution in [3.8, 4) is 0 Å². The molecule has 0 bridgehead atoms. The number of fused-ring (bicyclic) bond motifs is 2. The minimum absolute atomic E-state index is 0.0539. The van der Waals surface area contributed by atoms with Crippen LogP contribution in [0.1, 0.15) is 41.0 Å². The second-order valence-electron chi connectivity index (χ2n) is 6.99. The zero-order valence-electron chi connectivity index (χ0n) is 16.4. The van der Waals surface area contributed by atoms with Crippen LogP contribution in [0.15, 0.2) is 36.8 Å². The smallest absolute Gasteiger partial charge is 0.307 e. The van der Waals surface area contributed by atoms with Gasteiger partial charge in [0, 0.05) is 60.6 Å². The molecule has 0 spiro atoms. The molecular weight excluding hydrogens is 370 g/mol. The van der Waals surface area contributed by atoms with Crippen LogP contribution in [0.25, 0.3) is 10.9 Å². The van der Waals surface area contributed by atoms with Gasteiger partial charge in [-0.3, -0.25) is 14.6 Å². The first-order chi connectivity index (χ1) is 14.1. The van der Waals surface area contributed by atoms with Gasteiger partial charge in [0.2, 0.25) is 0 Å². The lowest BCUT2D eigenvalue weighted by molar-refractivity contribution is -0.142. The van der Waals surface area contributed by atoms with E-state index in [4.69, 9.17) is 4.74 Å². The van der Waals surface area contributed by atoms with Crippen LogP contribution in [-0.4, -0.2) is 39.6 Å². The summed E-state index contributed by atoms with van der Waals surface area (Å²) in [5, 5.41) is 7.22. The number of carbonyl (C=O) groups is 2. The number of benzene rings is 1. The molecule has 1 amide bonds. The van der Waals surface area contributed by atoms with Crippen LogP contribution in [0.2, 0.25) is 0 Å². The summed E-state index contributed by atoms with van der Waals surface area (Å²) in [6.07, 6.45) is 6.36. The van der Waals surface area contributed by atoms with Crippen LogP contribution in [0, 0.1) is 0 Å². The third-order valence-electron chi connectivity index (χ3n) is 5.06. The van der Waals surface area contributed by atoms with Gasteiger partial charge in [0.1, 0.15) is 5.82 Å². The second-order valence-corrected chi connectivity index (χ2v) is 6.99. The second kappa shape index (κ2) is 7.90. The average molecular weight is 393 g/mol. The predicted octanol–water partition coefficient (Wildman–Crippen LogP) is 2.36. The van der Waals surface area contributed by atoms with Crippen LogP contribution in [-0.2, 0) is 23.0 Å². The van der Waals surface area contributed by atoms with Crippen molar-refractivity contribution in [2.45, 2.75) is 25.8 Å².